The average molecular weight is 375 g/mol. The van der Waals surface area contributed by atoms with E-state index in [-0.39, 0.29) is 22.2 Å². The van der Waals surface area contributed by atoms with Crippen LogP contribution in [0.25, 0.3) is 11.1 Å². The average Bonchev–Trinajstić information content (AvgIpc) is 2.97. The lowest BCUT2D eigenvalue weighted by atomic mass is 9.66. The lowest BCUT2D eigenvalue weighted by Crippen LogP contribution is -2.36. The zero-order valence-electron chi connectivity index (χ0n) is 14.7. The first-order chi connectivity index (χ1) is 12.4. The number of hydrogen-bond acceptors (Lipinski definition) is 4. The number of carbonyl (C=O) groups is 1. The molecule has 0 bridgehead atoms. The van der Waals surface area contributed by atoms with Gasteiger partial charge in [-0.1, -0.05) is 18.0 Å². The van der Waals surface area contributed by atoms with Crippen LogP contribution < -0.4 is 11.1 Å². The number of nitrogens with zero attached hydrogens (tertiary/aromatic N) is 2. The number of fused-ring (bicyclic) bond motifs is 2. The molecule has 1 fully saturated rings. The number of hydrogen-bond donors (Lipinski definition) is 2. The summed E-state index contributed by atoms with van der Waals surface area (Å²) in [5.74, 6) is -0.371. The fourth-order valence-electron chi connectivity index (χ4n) is 3.91. The van der Waals surface area contributed by atoms with Crippen molar-refractivity contribution in [3.63, 3.8) is 0 Å². The molecular weight excluding hydrogens is 355 g/mol. The van der Waals surface area contributed by atoms with E-state index in [1.165, 1.54) is 11.0 Å². The quantitative estimate of drug-likeness (QED) is 0.787. The van der Waals surface area contributed by atoms with Crippen LogP contribution in [0.5, 0.6) is 0 Å². The first-order valence-electron chi connectivity index (χ1n) is 8.58. The number of aromatic nitrogens is 1. The van der Waals surface area contributed by atoms with Crippen LogP contribution in [0.1, 0.15) is 35.2 Å². The molecule has 3 N–H and O–H groups in total. The Hall–Kier alpha value is -2.34. The van der Waals surface area contributed by atoms with Gasteiger partial charge in [-0.15, -0.1) is 0 Å². The van der Waals surface area contributed by atoms with Crippen molar-refractivity contribution in [2.45, 2.75) is 24.7 Å². The van der Waals surface area contributed by atoms with Crippen molar-refractivity contribution in [1.29, 1.82) is 0 Å². The molecule has 0 unspecified atom stereocenters. The summed E-state index contributed by atoms with van der Waals surface area (Å²) in [6, 6.07) is 3.10. The van der Waals surface area contributed by atoms with Gasteiger partial charge in [-0.2, -0.15) is 0 Å². The van der Waals surface area contributed by atoms with Crippen LogP contribution in [-0.4, -0.2) is 36.4 Å². The molecule has 7 heteroatoms. The molecule has 4 rings (SSSR count). The minimum Gasteiger partial charge on any atom is -0.398 e. The highest BCUT2D eigenvalue weighted by molar-refractivity contribution is 6.34. The second-order valence-corrected chi connectivity index (χ2v) is 7.67. The predicted octanol–water partition coefficient (Wildman–Crippen LogP) is 3.67. The predicted molar refractivity (Wildman–Crippen MR) is 101 cm³/mol. The third kappa shape index (κ3) is 2.28. The van der Waals surface area contributed by atoms with E-state index in [9.17, 15) is 4.79 Å². The molecule has 1 aliphatic heterocycles. The maximum atomic E-state index is 15.2. The van der Waals surface area contributed by atoms with E-state index in [4.69, 9.17) is 17.3 Å². The molecule has 0 atom stereocenters. The monoisotopic (exact) mass is 374 g/mol. The number of nitrogens with two attached hydrogens (primary N) is 1. The van der Waals surface area contributed by atoms with Crippen molar-refractivity contribution in [3.8, 4) is 11.1 Å². The molecule has 1 aromatic carbocycles. The number of nitrogens with one attached hydrogen (secondary N) is 1. The molecule has 2 aromatic rings. The third-order valence-electron chi connectivity index (χ3n) is 5.54. The summed E-state index contributed by atoms with van der Waals surface area (Å²) in [5.41, 5.74) is 7.54. The molecule has 1 aromatic heterocycles. The summed E-state index contributed by atoms with van der Waals surface area (Å²) in [5, 5.41) is 3.82. The minimum absolute atomic E-state index is 0.00198. The van der Waals surface area contributed by atoms with Crippen molar-refractivity contribution < 1.29 is 9.18 Å². The number of pyridine rings is 1. The van der Waals surface area contributed by atoms with Gasteiger partial charge in [-0.3, -0.25) is 4.79 Å². The van der Waals surface area contributed by atoms with Gasteiger partial charge in [-0.05, 0) is 25.0 Å². The second kappa shape index (κ2) is 5.84. The van der Waals surface area contributed by atoms with Gasteiger partial charge in [0.1, 0.15) is 11.6 Å². The minimum atomic E-state index is -0.666. The highest BCUT2D eigenvalue weighted by Gasteiger charge is 2.46. The lowest BCUT2D eigenvalue weighted by Gasteiger charge is -2.38. The number of rotatable bonds is 2. The van der Waals surface area contributed by atoms with E-state index < -0.39 is 11.7 Å². The van der Waals surface area contributed by atoms with Crippen molar-refractivity contribution in [3.05, 3.63) is 40.3 Å². The maximum absolute atomic E-state index is 15.2. The van der Waals surface area contributed by atoms with Crippen LogP contribution in [0, 0.1) is 5.82 Å². The number of carbonyl (C=O) groups excluding carboxylic acids is 1. The van der Waals surface area contributed by atoms with E-state index >= 15 is 4.39 Å². The SMILES string of the molecule is CN(C)C(=O)c1c(N)ccc(-c2cnc3c(c2Cl)C2(CCC2)CN3)c1F. The Kier molecular flexibility index (Phi) is 3.84. The topological polar surface area (TPSA) is 71.2 Å². The van der Waals surface area contributed by atoms with Gasteiger partial charge in [0, 0.05) is 54.6 Å². The highest BCUT2D eigenvalue weighted by atomic mass is 35.5. The first kappa shape index (κ1) is 17.1. The van der Waals surface area contributed by atoms with Gasteiger partial charge in [0.05, 0.1) is 10.6 Å². The lowest BCUT2D eigenvalue weighted by molar-refractivity contribution is 0.0824. The fraction of sp³-hybridized carbons (Fsp3) is 0.368. The van der Waals surface area contributed by atoms with Gasteiger partial charge in [0.2, 0.25) is 0 Å². The summed E-state index contributed by atoms with van der Waals surface area (Å²) in [7, 11) is 3.12. The number of amides is 1. The van der Waals surface area contributed by atoms with Gasteiger partial charge >= 0.3 is 0 Å². The van der Waals surface area contributed by atoms with E-state index in [1.807, 2.05) is 0 Å². The number of anilines is 2. The van der Waals surface area contributed by atoms with Crippen LogP contribution in [0.2, 0.25) is 5.02 Å². The Morgan fingerprint density at radius 3 is 2.69 bits per heavy atom. The smallest absolute Gasteiger partial charge is 0.258 e. The molecular formula is C19H20ClFN4O. The van der Waals surface area contributed by atoms with Crippen LogP contribution >= 0.6 is 11.6 Å². The summed E-state index contributed by atoms with van der Waals surface area (Å²) in [4.78, 5) is 18.1. The zero-order valence-corrected chi connectivity index (χ0v) is 15.5. The Bertz CT molecular complexity index is 924. The van der Waals surface area contributed by atoms with E-state index in [2.05, 4.69) is 10.3 Å². The molecule has 2 heterocycles. The fourth-order valence-corrected chi connectivity index (χ4v) is 4.35. The van der Waals surface area contributed by atoms with Gasteiger partial charge in [0.15, 0.2) is 0 Å². The van der Waals surface area contributed by atoms with Crippen molar-refractivity contribution in [2.24, 2.45) is 0 Å². The third-order valence-corrected chi connectivity index (χ3v) is 5.93. The van der Waals surface area contributed by atoms with Crippen molar-refractivity contribution in [1.82, 2.24) is 9.88 Å². The number of halogens is 2. The molecule has 1 amide bonds. The van der Waals surface area contributed by atoms with E-state index in [1.54, 1.807) is 26.4 Å². The molecule has 1 saturated carbocycles. The molecule has 5 nitrogen and oxygen atoms in total. The second-order valence-electron chi connectivity index (χ2n) is 7.29. The van der Waals surface area contributed by atoms with Gasteiger partial charge in [-0.25, -0.2) is 9.37 Å². The van der Waals surface area contributed by atoms with Crippen molar-refractivity contribution in [2.75, 3.05) is 31.7 Å². The standard InChI is InChI=1S/C19H20ClFN4O/c1-25(2)18(26)13-12(22)5-4-10(16(13)21)11-8-23-17-14(15(11)20)19(9-24-17)6-3-7-19/h4-5,8H,3,6-7,9,22H2,1-2H3,(H,23,24). The molecule has 2 aliphatic rings. The zero-order chi connectivity index (χ0) is 18.6. The molecule has 1 aliphatic carbocycles. The van der Waals surface area contributed by atoms with Gasteiger partial charge < -0.3 is 16.0 Å². The van der Waals surface area contributed by atoms with Crippen LogP contribution in [-0.2, 0) is 5.41 Å². The first-order valence-corrected chi connectivity index (χ1v) is 8.96. The number of nitrogen functional groups attached to an aromatic ring is 1. The Balaban J connectivity index is 1.89. The Morgan fingerprint density at radius 1 is 1.35 bits per heavy atom. The van der Waals surface area contributed by atoms with Crippen LogP contribution in [0.15, 0.2) is 18.3 Å². The highest BCUT2D eigenvalue weighted by Crippen LogP contribution is 2.53. The molecule has 1 spiro atoms. The number of benzene rings is 1. The normalized spacial score (nSPS) is 16.8. The van der Waals surface area contributed by atoms with E-state index in [0.29, 0.717) is 10.6 Å². The summed E-state index contributed by atoms with van der Waals surface area (Å²) >= 11 is 6.72. The van der Waals surface area contributed by atoms with E-state index in [0.717, 1.165) is 37.2 Å². The maximum Gasteiger partial charge on any atom is 0.258 e. The summed E-state index contributed by atoms with van der Waals surface area (Å²) < 4.78 is 15.2. The Morgan fingerprint density at radius 2 is 2.08 bits per heavy atom. The Labute approximate surface area is 156 Å². The molecule has 26 heavy (non-hydrogen) atoms. The molecule has 136 valence electrons. The van der Waals surface area contributed by atoms with Gasteiger partial charge in [0.25, 0.3) is 5.91 Å². The molecule has 0 radical (unpaired) electrons. The molecule has 0 saturated heterocycles. The summed E-state index contributed by atoms with van der Waals surface area (Å²) in [6.07, 6.45) is 4.81. The summed E-state index contributed by atoms with van der Waals surface area (Å²) in [6.45, 7) is 0.813. The van der Waals surface area contributed by atoms with Crippen LogP contribution in [0.3, 0.4) is 0 Å². The largest absolute Gasteiger partial charge is 0.398 e. The van der Waals surface area contributed by atoms with Crippen molar-refractivity contribution >= 4 is 29.0 Å². The van der Waals surface area contributed by atoms with Crippen LogP contribution in [0.4, 0.5) is 15.9 Å².